The minimum absolute atomic E-state index is 0.0343. The molecule has 2 aliphatic rings. The SMILES string of the molecule is CC[Si](CC)(CC)O[C@H]1[C@H]([C@H](C)C[C@@H]2COC(C)(C)O2)O[C@H](c2ccc(OC)cc2)O[C@@H]1C[C@@H](O)C[C@@H](C)[C@H](C)OCOCC[Si](C)(C)C. The molecule has 0 spiro atoms. The van der Waals surface area contributed by atoms with Gasteiger partial charge in [-0.2, -0.15) is 0 Å². The maximum atomic E-state index is 11.6. The lowest BCUT2D eigenvalue weighted by molar-refractivity contribution is -0.299. The van der Waals surface area contributed by atoms with Crippen molar-refractivity contribution in [3.8, 4) is 5.75 Å². The third kappa shape index (κ3) is 13.2. The maximum Gasteiger partial charge on any atom is 0.192 e. The van der Waals surface area contributed by atoms with Gasteiger partial charge in [-0.3, -0.25) is 0 Å². The summed E-state index contributed by atoms with van der Waals surface area (Å²) in [4.78, 5) is 0. The molecule has 1 aromatic carbocycles. The molecule has 2 fully saturated rings. The van der Waals surface area contributed by atoms with Crippen LogP contribution in [0.2, 0.25) is 43.8 Å². The van der Waals surface area contributed by atoms with E-state index in [1.807, 2.05) is 38.1 Å². The molecule has 0 radical (unpaired) electrons. The minimum atomic E-state index is -2.10. The Morgan fingerprint density at radius 3 is 2.16 bits per heavy atom. The van der Waals surface area contributed by atoms with Crippen LogP contribution in [0.5, 0.6) is 5.75 Å². The van der Waals surface area contributed by atoms with Crippen molar-refractivity contribution >= 4 is 16.4 Å². The zero-order valence-electron chi connectivity index (χ0n) is 32.8. The van der Waals surface area contributed by atoms with E-state index in [-0.39, 0.29) is 49.1 Å². The molecule has 49 heavy (non-hydrogen) atoms. The first-order valence-electron chi connectivity index (χ1n) is 18.9. The highest BCUT2D eigenvalue weighted by atomic mass is 28.4. The van der Waals surface area contributed by atoms with Gasteiger partial charge in [0, 0.05) is 26.7 Å². The number of ether oxygens (including phenoxy) is 7. The van der Waals surface area contributed by atoms with Crippen LogP contribution in [0, 0.1) is 11.8 Å². The predicted octanol–water partition coefficient (Wildman–Crippen LogP) is 8.54. The van der Waals surface area contributed by atoms with Gasteiger partial charge in [0.2, 0.25) is 0 Å². The van der Waals surface area contributed by atoms with E-state index in [1.54, 1.807) is 7.11 Å². The van der Waals surface area contributed by atoms with Crippen molar-refractivity contribution in [1.29, 1.82) is 0 Å². The van der Waals surface area contributed by atoms with Crippen LogP contribution >= 0.6 is 0 Å². The van der Waals surface area contributed by atoms with E-state index in [4.69, 9.17) is 37.6 Å². The van der Waals surface area contributed by atoms with Gasteiger partial charge in [-0.25, -0.2) is 0 Å². The number of aliphatic hydroxyl groups excluding tert-OH is 1. The van der Waals surface area contributed by atoms with Crippen molar-refractivity contribution in [3.63, 3.8) is 0 Å². The summed E-state index contributed by atoms with van der Waals surface area (Å²) < 4.78 is 50.4. The van der Waals surface area contributed by atoms with Crippen LogP contribution in [0.4, 0.5) is 0 Å². The second-order valence-electron chi connectivity index (χ2n) is 16.2. The molecule has 9 nitrogen and oxygen atoms in total. The van der Waals surface area contributed by atoms with Gasteiger partial charge < -0.3 is 42.7 Å². The lowest BCUT2D eigenvalue weighted by Gasteiger charge is -2.48. The summed E-state index contributed by atoms with van der Waals surface area (Å²) >= 11 is 0. The van der Waals surface area contributed by atoms with Crippen molar-refractivity contribution in [1.82, 2.24) is 0 Å². The maximum absolute atomic E-state index is 11.6. The van der Waals surface area contributed by atoms with Gasteiger partial charge in [0.25, 0.3) is 0 Å². The molecule has 0 aliphatic carbocycles. The molecule has 1 aromatic rings. The smallest absolute Gasteiger partial charge is 0.192 e. The molecule has 0 saturated carbocycles. The summed E-state index contributed by atoms with van der Waals surface area (Å²) in [6.45, 7) is 25.7. The first kappa shape index (κ1) is 42.5. The molecule has 3 rings (SSSR count). The predicted molar refractivity (Wildman–Crippen MR) is 200 cm³/mol. The van der Waals surface area contributed by atoms with E-state index in [2.05, 4.69) is 61.2 Å². The van der Waals surface area contributed by atoms with Crippen LogP contribution in [-0.4, -0.2) is 91.0 Å². The molecule has 11 heteroatoms. The Morgan fingerprint density at radius 1 is 0.959 bits per heavy atom. The van der Waals surface area contributed by atoms with Gasteiger partial charge in [0.1, 0.15) is 12.5 Å². The Hall–Kier alpha value is -0.866. The number of hydrogen-bond donors (Lipinski definition) is 1. The second-order valence-corrected chi connectivity index (χ2v) is 26.5. The Labute approximate surface area is 300 Å². The monoisotopic (exact) mass is 726 g/mol. The van der Waals surface area contributed by atoms with E-state index in [0.29, 0.717) is 19.4 Å². The average molecular weight is 727 g/mol. The zero-order valence-corrected chi connectivity index (χ0v) is 34.8. The summed E-state index contributed by atoms with van der Waals surface area (Å²) in [5.41, 5.74) is 0.909. The van der Waals surface area contributed by atoms with Crippen LogP contribution in [0.15, 0.2) is 24.3 Å². The van der Waals surface area contributed by atoms with Gasteiger partial charge >= 0.3 is 0 Å². The molecule has 9 atom stereocenters. The standard InChI is InChI=1S/C38H70O9Si2/c1-13-49(14-2,15-3)47-36-34(24-31(39)22-27(4)29(6)42-26-41-20-21-48(10,11)12)44-37(30-16-18-32(40-9)19-17-30)45-35(36)28(5)23-33-25-43-38(7,8)46-33/h16-19,27-29,31,33-37,39H,13-15,20-26H2,1-12H3/t27-,28-,29+,31+,33-,34-,35+,36-,37-/m1/s1. The molecule has 284 valence electrons. The van der Waals surface area contributed by atoms with Crippen molar-refractivity contribution in [3.05, 3.63) is 29.8 Å². The molecule has 2 saturated heterocycles. The third-order valence-electron chi connectivity index (χ3n) is 10.6. The van der Waals surface area contributed by atoms with Crippen molar-refractivity contribution in [2.75, 3.05) is 27.1 Å². The highest BCUT2D eigenvalue weighted by Gasteiger charge is 2.48. The second kappa shape index (κ2) is 19.3. The summed E-state index contributed by atoms with van der Waals surface area (Å²) in [6, 6.07) is 12.0. The summed E-state index contributed by atoms with van der Waals surface area (Å²) in [7, 11) is -1.58. The van der Waals surface area contributed by atoms with Crippen LogP contribution in [0.1, 0.15) is 86.5 Å². The first-order valence-corrected chi connectivity index (χ1v) is 25.1. The number of methoxy groups -OCH3 is 1. The van der Waals surface area contributed by atoms with Crippen LogP contribution in [0.3, 0.4) is 0 Å². The quantitative estimate of drug-likeness (QED) is 0.0760. The van der Waals surface area contributed by atoms with Crippen LogP contribution in [0.25, 0.3) is 0 Å². The lowest BCUT2D eigenvalue weighted by Crippen LogP contribution is -2.57. The van der Waals surface area contributed by atoms with E-state index in [0.717, 1.165) is 48.5 Å². The molecule has 0 aromatic heterocycles. The van der Waals surface area contributed by atoms with Crippen molar-refractivity contribution in [2.45, 2.75) is 167 Å². The van der Waals surface area contributed by atoms with Crippen molar-refractivity contribution < 1.29 is 42.7 Å². The van der Waals surface area contributed by atoms with E-state index < -0.39 is 34.6 Å². The Balaban J connectivity index is 1.83. The number of rotatable bonds is 21. The molecular weight excluding hydrogens is 657 g/mol. The Morgan fingerprint density at radius 2 is 1.61 bits per heavy atom. The fourth-order valence-corrected chi connectivity index (χ4v) is 10.5. The molecular formula is C38H70O9Si2. The molecule has 2 aliphatic heterocycles. The van der Waals surface area contributed by atoms with Gasteiger partial charge in [-0.1, -0.05) is 66.4 Å². The normalized spacial score (nSPS) is 27.1. The molecule has 0 amide bonds. The lowest BCUT2D eigenvalue weighted by atomic mass is 9.87. The molecule has 2 heterocycles. The molecule has 0 unspecified atom stereocenters. The fourth-order valence-electron chi connectivity index (χ4n) is 6.87. The van der Waals surface area contributed by atoms with Gasteiger partial charge in [0.05, 0.1) is 50.3 Å². The largest absolute Gasteiger partial charge is 0.497 e. The molecule has 1 N–H and O–H groups in total. The van der Waals surface area contributed by atoms with Gasteiger partial charge in [-0.15, -0.1) is 0 Å². The van der Waals surface area contributed by atoms with Crippen molar-refractivity contribution in [2.24, 2.45) is 11.8 Å². The van der Waals surface area contributed by atoms with E-state index in [9.17, 15) is 5.11 Å². The van der Waals surface area contributed by atoms with Crippen LogP contribution < -0.4 is 4.74 Å². The minimum Gasteiger partial charge on any atom is -0.497 e. The van der Waals surface area contributed by atoms with Gasteiger partial charge in [-0.05, 0) is 81.8 Å². The highest BCUT2D eigenvalue weighted by molar-refractivity contribution is 6.76. The Bertz CT molecular complexity index is 1070. The number of hydrogen-bond acceptors (Lipinski definition) is 9. The highest BCUT2D eigenvalue weighted by Crippen LogP contribution is 2.41. The zero-order chi connectivity index (χ0) is 36.4. The number of aliphatic hydroxyl groups is 1. The third-order valence-corrected chi connectivity index (χ3v) is 16.9. The average Bonchev–Trinajstić information content (AvgIpc) is 3.40. The van der Waals surface area contributed by atoms with Gasteiger partial charge in [0.15, 0.2) is 20.4 Å². The number of benzene rings is 1. The Kier molecular flexibility index (Phi) is 16.7. The van der Waals surface area contributed by atoms with E-state index >= 15 is 0 Å². The summed E-state index contributed by atoms with van der Waals surface area (Å²) in [5, 5.41) is 11.6. The fraction of sp³-hybridized carbons (Fsp3) is 0.842. The summed E-state index contributed by atoms with van der Waals surface area (Å²) in [5.74, 6) is 0.388. The summed E-state index contributed by atoms with van der Waals surface area (Å²) in [6.07, 6.45) is -0.489. The first-order chi connectivity index (χ1) is 23.0. The molecule has 0 bridgehead atoms. The van der Waals surface area contributed by atoms with E-state index in [1.165, 1.54) is 0 Å². The topological polar surface area (TPSA) is 94.1 Å². The van der Waals surface area contributed by atoms with Crippen LogP contribution in [-0.2, 0) is 32.8 Å².